The minimum Gasteiger partial charge on any atom is -0.360 e. The molecule has 2 heterocycles. The largest absolute Gasteiger partial charge is 0.360 e. The second kappa shape index (κ2) is 6.51. The molecule has 1 aromatic heterocycles. The van der Waals surface area contributed by atoms with Gasteiger partial charge in [-0.2, -0.15) is 0 Å². The molecule has 0 unspecified atom stereocenters. The van der Waals surface area contributed by atoms with Crippen LogP contribution in [0.3, 0.4) is 0 Å². The number of piperidine rings is 1. The van der Waals surface area contributed by atoms with Gasteiger partial charge in [0.1, 0.15) is 5.76 Å². The number of nitrogens with zero attached hydrogens (tertiary/aromatic N) is 3. The summed E-state index contributed by atoms with van der Waals surface area (Å²) in [6, 6.07) is 1.87. The van der Waals surface area contributed by atoms with E-state index in [-0.39, 0.29) is 17.9 Å². The van der Waals surface area contributed by atoms with Crippen LogP contribution in [0.5, 0.6) is 0 Å². The molecule has 1 saturated heterocycles. The Kier molecular flexibility index (Phi) is 4.62. The third-order valence-electron chi connectivity index (χ3n) is 5.24. The second-order valence-electron chi connectivity index (χ2n) is 6.74. The van der Waals surface area contributed by atoms with E-state index in [1.165, 1.54) is 0 Å². The van der Waals surface area contributed by atoms with Crippen molar-refractivity contribution in [3.05, 3.63) is 17.0 Å². The summed E-state index contributed by atoms with van der Waals surface area (Å²) in [6.07, 6.45) is 3.42. The van der Waals surface area contributed by atoms with Crippen LogP contribution in [0.1, 0.15) is 31.4 Å². The molecule has 1 saturated carbocycles. The molecule has 6 nitrogen and oxygen atoms in total. The van der Waals surface area contributed by atoms with Crippen molar-refractivity contribution in [2.75, 3.05) is 20.6 Å². The smallest absolute Gasteiger partial charge is 0.223 e. The lowest BCUT2D eigenvalue weighted by molar-refractivity contribution is -0.135. The van der Waals surface area contributed by atoms with Crippen LogP contribution in [-0.2, 0) is 16.0 Å². The molecule has 0 spiro atoms. The highest BCUT2D eigenvalue weighted by atomic mass is 35.5. The van der Waals surface area contributed by atoms with Crippen LogP contribution >= 0.6 is 11.6 Å². The third-order valence-corrected chi connectivity index (χ3v) is 5.42. The van der Waals surface area contributed by atoms with Crippen molar-refractivity contribution in [3.63, 3.8) is 0 Å². The highest BCUT2D eigenvalue weighted by Gasteiger charge is 2.42. The first kappa shape index (κ1) is 16.3. The van der Waals surface area contributed by atoms with Gasteiger partial charge in [-0.3, -0.25) is 9.59 Å². The van der Waals surface area contributed by atoms with Crippen molar-refractivity contribution in [1.82, 2.24) is 15.0 Å². The second-order valence-corrected chi connectivity index (χ2v) is 7.13. The summed E-state index contributed by atoms with van der Waals surface area (Å²) in [7, 11) is 3.73. The number of fused-ring (bicyclic) bond motifs is 1. The maximum absolute atomic E-state index is 12.4. The summed E-state index contributed by atoms with van der Waals surface area (Å²) < 4.78 is 5.02. The number of carbonyl (C=O) groups excluding carboxylic acids is 2. The van der Waals surface area contributed by atoms with Crippen molar-refractivity contribution >= 4 is 23.4 Å². The first-order chi connectivity index (χ1) is 10.9. The third kappa shape index (κ3) is 3.52. The maximum Gasteiger partial charge on any atom is 0.223 e. The van der Waals surface area contributed by atoms with Crippen LogP contribution < -0.4 is 0 Å². The molecule has 23 heavy (non-hydrogen) atoms. The van der Waals surface area contributed by atoms with E-state index in [1.807, 2.05) is 23.9 Å². The fourth-order valence-electron chi connectivity index (χ4n) is 3.82. The number of hydrogen-bond acceptors (Lipinski definition) is 4. The van der Waals surface area contributed by atoms with Crippen molar-refractivity contribution in [2.45, 2.75) is 38.1 Å². The van der Waals surface area contributed by atoms with Gasteiger partial charge in [0.25, 0.3) is 0 Å². The zero-order chi connectivity index (χ0) is 16.6. The summed E-state index contributed by atoms with van der Waals surface area (Å²) in [5.41, 5.74) is 0. The number of rotatable bonds is 4. The summed E-state index contributed by atoms with van der Waals surface area (Å²) >= 11 is 5.70. The molecular weight excluding hydrogens is 318 g/mol. The molecule has 0 radical (unpaired) electrons. The molecule has 7 heteroatoms. The van der Waals surface area contributed by atoms with E-state index in [9.17, 15) is 9.59 Å². The van der Waals surface area contributed by atoms with Crippen molar-refractivity contribution in [1.29, 1.82) is 0 Å². The lowest BCUT2D eigenvalue weighted by Gasteiger charge is -2.31. The van der Waals surface area contributed by atoms with E-state index in [0.717, 1.165) is 19.4 Å². The van der Waals surface area contributed by atoms with Crippen molar-refractivity contribution in [3.8, 4) is 0 Å². The normalized spacial score (nSPS) is 27.2. The van der Waals surface area contributed by atoms with Gasteiger partial charge in [0.05, 0.1) is 0 Å². The number of hydrogen-bond donors (Lipinski definition) is 0. The molecule has 3 rings (SSSR count). The standard InChI is InChI=1S/C16H22ClN3O3/c1-19-9-11-6-12(5-10(11)7-16(19)22)20(2)15(21)4-3-13-8-14(17)18-23-13/h8,10-12H,3-7,9H2,1-2H3/t10-,11+,12-/m0/s1. The van der Waals surface area contributed by atoms with Gasteiger partial charge in [-0.15, -0.1) is 0 Å². The van der Waals surface area contributed by atoms with Gasteiger partial charge in [-0.25, -0.2) is 0 Å². The summed E-state index contributed by atoms with van der Waals surface area (Å²) in [5.74, 6) is 1.89. The minimum atomic E-state index is 0.0980. The monoisotopic (exact) mass is 339 g/mol. The lowest BCUT2D eigenvalue weighted by atomic mass is 9.88. The van der Waals surface area contributed by atoms with Gasteiger partial charge in [0.2, 0.25) is 11.8 Å². The lowest BCUT2D eigenvalue weighted by Crippen LogP contribution is -2.39. The Balaban J connectivity index is 1.53. The van der Waals surface area contributed by atoms with Crippen LogP contribution in [0.15, 0.2) is 10.6 Å². The average Bonchev–Trinajstić information content (AvgIpc) is 3.10. The molecular formula is C16H22ClN3O3. The fourth-order valence-corrected chi connectivity index (χ4v) is 3.98. The predicted octanol–water partition coefficient (Wildman–Crippen LogP) is 1.98. The molecule has 3 atom stereocenters. The van der Waals surface area contributed by atoms with E-state index in [2.05, 4.69) is 5.16 Å². The van der Waals surface area contributed by atoms with Gasteiger partial charge >= 0.3 is 0 Å². The van der Waals surface area contributed by atoms with Crippen LogP contribution in [-0.4, -0.2) is 53.5 Å². The Morgan fingerprint density at radius 1 is 1.48 bits per heavy atom. The summed E-state index contributed by atoms with van der Waals surface area (Å²) in [6.45, 7) is 0.818. The maximum atomic E-state index is 12.4. The first-order valence-electron chi connectivity index (χ1n) is 8.04. The Morgan fingerprint density at radius 2 is 2.22 bits per heavy atom. The van der Waals surface area contributed by atoms with Gasteiger partial charge in [0.15, 0.2) is 5.15 Å². The Bertz CT molecular complexity index is 603. The number of halogens is 1. The van der Waals surface area contributed by atoms with E-state index < -0.39 is 0 Å². The minimum absolute atomic E-state index is 0.0980. The van der Waals surface area contributed by atoms with E-state index in [4.69, 9.17) is 16.1 Å². The highest BCUT2D eigenvalue weighted by Crippen LogP contribution is 2.40. The Labute approximate surface area is 140 Å². The number of amides is 2. The summed E-state index contributed by atoms with van der Waals surface area (Å²) in [5, 5.41) is 3.92. The molecule has 0 N–H and O–H groups in total. The molecule has 1 aliphatic carbocycles. The average molecular weight is 340 g/mol. The van der Waals surface area contributed by atoms with Crippen LogP contribution in [0.4, 0.5) is 0 Å². The number of aryl methyl sites for hydroxylation is 1. The molecule has 1 aliphatic heterocycles. The van der Waals surface area contributed by atoms with E-state index >= 15 is 0 Å². The van der Waals surface area contributed by atoms with Crippen molar-refractivity contribution < 1.29 is 14.1 Å². The number of aromatic nitrogens is 1. The first-order valence-corrected chi connectivity index (χ1v) is 8.42. The van der Waals surface area contributed by atoms with Gasteiger partial charge in [-0.05, 0) is 24.7 Å². The molecule has 2 aliphatic rings. The van der Waals surface area contributed by atoms with E-state index in [0.29, 0.717) is 42.0 Å². The van der Waals surface area contributed by atoms with Gasteiger partial charge in [-0.1, -0.05) is 16.8 Å². The number of carbonyl (C=O) groups is 2. The van der Waals surface area contributed by atoms with Crippen molar-refractivity contribution in [2.24, 2.45) is 11.8 Å². The zero-order valence-electron chi connectivity index (χ0n) is 13.5. The summed E-state index contributed by atoms with van der Waals surface area (Å²) in [4.78, 5) is 27.9. The van der Waals surface area contributed by atoms with Gasteiger partial charge in [0, 0.05) is 52.0 Å². The molecule has 1 aromatic rings. The highest BCUT2D eigenvalue weighted by molar-refractivity contribution is 6.29. The Hall–Kier alpha value is -1.56. The Morgan fingerprint density at radius 3 is 2.91 bits per heavy atom. The van der Waals surface area contributed by atoms with Crippen LogP contribution in [0, 0.1) is 11.8 Å². The molecule has 2 fully saturated rings. The molecule has 0 aromatic carbocycles. The van der Waals surface area contributed by atoms with Crippen LogP contribution in [0.2, 0.25) is 5.15 Å². The molecule has 0 bridgehead atoms. The molecule has 2 amide bonds. The fraction of sp³-hybridized carbons (Fsp3) is 0.688. The quantitative estimate of drug-likeness (QED) is 0.841. The number of likely N-dealkylation sites (tertiary alicyclic amines) is 1. The topological polar surface area (TPSA) is 66.7 Å². The zero-order valence-corrected chi connectivity index (χ0v) is 14.3. The van der Waals surface area contributed by atoms with E-state index in [1.54, 1.807) is 6.07 Å². The van der Waals surface area contributed by atoms with Crippen LogP contribution in [0.25, 0.3) is 0 Å². The molecule has 126 valence electrons. The predicted molar refractivity (Wildman–Crippen MR) is 84.9 cm³/mol. The SMILES string of the molecule is CN1C[C@H]2C[C@@H](N(C)C(=O)CCc3cc(Cl)no3)C[C@H]2CC1=O. The van der Waals surface area contributed by atoms with Gasteiger partial charge < -0.3 is 14.3 Å².